The van der Waals surface area contributed by atoms with Crippen LogP contribution >= 0.6 is 0 Å². The smallest absolute Gasteiger partial charge is 0.0499 e. The van der Waals surface area contributed by atoms with Gasteiger partial charge in [-0.05, 0) is 43.4 Å². The van der Waals surface area contributed by atoms with E-state index in [0.717, 1.165) is 30.9 Å². The van der Waals surface area contributed by atoms with E-state index in [1.54, 1.807) is 7.11 Å². The van der Waals surface area contributed by atoms with Gasteiger partial charge in [-0.3, -0.25) is 0 Å². The fraction of sp³-hybridized carbons (Fsp3) is 0.857. The summed E-state index contributed by atoms with van der Waals surface area (Å²) in [5.41, 5.74) is 0. The molecule has 0 aromatic carbocycles. The van der Waals surface area contributed by atoms with Gasteiger partial charge in [0, 0.05) is 26.3 Å². The van der Waals surface area contributed by atoms with Crippen molar-refractivity contribution in [3.63, 3.8) is 0 Å². The minimum atomic E-state index is 0.613. The summed E-state index contributed by atoms with van der Waals surface area (Å²) in [6.07, 6.45) is 7.66. The van der Waals surface area contributed by atoms with E-state index in [9.17, 15) is 0 Å². The lowest BCUT2D eigenvalue weighted by Gasteiger charge is -2.27. The highest BCUT2D eigenvalue weighted by Crippen LogP contribution is 2.44. The van der Waals surface area contributed by atoms with Crippen LogP contribution in [0.5, 0.6) is 0 Å². The van der Waals surface area contributed by atoms with Crippen LogP contribution < -0.4 is 5.32 Å². The fourth-order valence-corrected chi connectivity index (χ4v) is 3.28. The molecule has 0 amide bonds. The number of nitrogens with one attached hydrogen (secondary N) is 1. The molecule has 5 atom stereocenters. The Hall–Kier alpha value is -0.340. The van der Waals surface area contributed by atoms with Crippen molar-refractivity contribution in [1.82, 2.24) is 5.32 Å². The van der Waals surface area contributed by atoms with Crippen molar-refractivity contribution in [1.29, 1.82) is 0 Å². The number of hydrogen-bond acceptors (Lipinski definition) is 2. The first-order valence-electron chi connectivity index (χ1n) is 6.61. The lowest BCUT2D eigenvalue weighted by atomic mass is 9.87. The Balaban J connectivity index is 1.72. The van der Waals surface area contributed by atoms with Crippen LogP contribution in [0, 0.1) is 23.7 Å². The van der Waals surface area contributed by atoms with E-state index in [0.29, 0.717) is 12.0 Å². The van der Waals surface area contributed by atoms with Crippen LogP contribution in [0.25, 0.3) is 0 Å². The summed E-state index contributed by atoms with van der Waals surface area (Å²) in [6, 6.07) is 0.652. The molecule has 0 heterocycles. The normalized spacial score (nSPS) is 35.6. The molecule has 2 heteroatoms. The van der Waals surface area contributed by atoms with Crippen molar-refractivity contribution >= 4 is 0 Å². The standard InChI is InChI=1S/C14H25NO/c1-10(9-16-3)8-15-11(2)14-7-12-4-5-13(14)6-12/h4-5,10-15H,6-9H2,1-3H3. The Morgan fingerprint density at radius 2 is 2.12 bits per heavy atom. The predicted molar refractivity (Wildman–Crippen MR) is 67.3 cm³/mol. The number of fused-ring (bicyclic) bond motifs is 2. The molecule has 5 unspecified atom stereocenters. The SMILES string of the molecule is COCC(C)CNC(C)C1CC2C=CC1C2. The van der Waals surface area contributed by atoms with Gasteiger partial charge >= 0.3 is 0 Å². The first kappa shape index (κ1) is 12.1. The summed E-state index contributed by atoms with van der Waals surface area (Å²) >= 11 is 0. The Labute approximate surface area is 99.4 Å². The maximum atomic E-state index is 5.16. The van der Waals surface area contributed by atoms with Gasteiger partial charge in [0.2, 0.25) is 0 Å². The lowest BCUT2D eigenvalue weighted by molar-refractivity contribution is 0.154. The average Bonchev–Trinajstić information content (AvgIpc) is 2.88. The van der Waals surface area contributed by atoms with Gasteiger partial charge in [-0.15, -0.1) is 0 Å². The van der Waals surface area contributed by atoms with E-state index in [1.807, 2.05) is 0 Å². The molecule has 0 aliphatic heterocycles. The van der Waals surface area contributed by atoms with Gasteiger partial charge in [0.05, 0.1) is 0 Å². The highest BCUT2D eigenvalue weighted by atomic mass is 16.5. The molecule has 0 aromatic rings. The van der Waals surface area contributed by atoms with Crippen LogP contribution in [0.1, 0.15) is 26.7 Å². The molecule has 2 aliphatic carbocycles. The van der Waals surface area contributed by atoms with E-state index in [-0.39, 0.29) is 0 Å². The third kappa shape index (κ3) is 2.67. The maximum absolute atomic E-state index is 5.16. The number of ether oxygens (including phenoxy) is 1. The van der Waals surface area contributed by atoms with Crippen molar-refractivity contribution < 1.29 is 4.74 Å². The van der Waals surface area contributed by atoms with Crippen LogP contribution in [0.2, 0.25) is 0 Å². The first-order chi connectivity index (χ1) is 7.70. The predicted octanol–water partition coefficient (Wildman–Crippen LogP) is 2.46. The van der Waals surface area contributed by atoms with E-state index >= 15 is 0 Å². The Morgan fingerprint density at radius 3 is 2.69 bits per heavy atom. The maximum Gasteiger partial charge on any atom is 0.0499 e. The second kappa shape index (κ2) is 5.33. The summed E-state index contributed by atoms with van der Waals surface area (Å²) in [5, 5.41) is 3.68. The number of methoxy groups -OCH3 is 1. The molecule has 1 fully saturated rings. The Kier molecular flexibility index (Phi) is 4.04. The third-order valence-corrected chi connectivity index (χ3v) is 4.21. The molecule has 0 aromatic heterocycles. The van der Waals surface area contributed by atoms with Crippen molar-refractivity contribution in [2.24, 2.45) is 23.7 Å². The third-order valence-electron chi connectivity index (χ3n) is 4.21. The molecule has 2 aliphatic rings. The molecular weight excluding hydrogens is 198 g/mol. The summed E-state index contributed by atoms with van der Waals surface area (Å²) in [7, 11) is 1.78. The first-order valence-corrected chi connectivity index (χ1v) is 6.61. The fourth-order valence-electron chi connectivity index (χ4n) is 3.28. The van der Waals surface area contributed by atoms with Gasteiger partial charge < -0.3 is 10.1 Å². The van der Waals surface area contributed by atoms with Crippen LogP contribution in [-0.4, -0.2) is 26.3 Å². The molecule has 92 valence electrons. The van der Waals surface area contributed by atoms with Crippen LogP contribution in [0.4, 0.5) is 0 Å². The Morgan fingerprint density at radius 1 is 1.31 bits per heavy atom. The number of hydrogen-bond donors (Lipinski definition) is 1. The zero-order valence-corrected chi connectivity index (χ0v) is 10.8. The molecule has 0 saturated heterocycles. The molecule has 0 radical (unpaired) electrons. The summed E-state index contributed by atoms with van der Waals surface area (Å²) in [6.45, 7) is 6.52. The average molecular weight is 223 g/mol. The zero-order valence-electron chi connectivity index (χ0n) is 10.8. The zero-order chi connectivity index (χ0) is 11.5. The van der Waals surface area contributed by atoms with Gasteiger partial charge in [-0.25, -0.2) is 0 Å². The molecule has 16 heavy (non-hydrogen) atoms. The number of allylic oxidation sites excluding steroid dienone is 2. The minimum absolute atomic E-state index is 0.613. The largest absolute Gasteiger partial charge is 0.384 e. The van der Waals surface area contributed by atoms with E-state index in [2.05, 4.69) is 31.3 Å². The van der Waals surface area contributed by atoms with Gasteiger partial charge in [-0.1, -0.05) is 19.1 Å². The molecule has 2 nitrogen and oxygen atoms in total. The molecule has 2 rings (SSSR count). The van der Waals surface area contributed by atoms with Gasteiger partial charge in [0.25, 0.3) is 0 Å². The van der Waals surface area contributed by atoms with Crippen molar-refractivity contribution in [3.05, 3.63) is 12.2 Å². The van der Waals surface area contributed by atoms with E-state index in [4.69, 9.17) is 4.74 Å². The topological polar surface area (TPSA) is 21.3 Å². The summed E-state index contributed by atoms with van der Waals surface area (Å²) < 4.78 is 5.16. The van der Waals surface area contributed by atoms with Crippen molar-refractivity contribution in [3.8, 4) is 0 Å². The molecule has 1 N–H and O–H groups in total. The lowest BCUT2D eigenvalue weighted by Crippen LogP contribution is -2.38. The van der Waals surface area contributed by atoms with Crippen molar-refractivity contribution in [2.45, 2.75) is 32.7 Å². The molecule has 0 spiro atoms. The second-order valence-electron chi connectivity index (χ2n) is 5.70. The quantitative estimate of drug-likeness (QED) is 0.698. The highest BCUT2D eigenvalue weighted by Gasteiger charge is 2.38. The molecule has 2 bridgehead atoms. The Bertz CT molecular complexity index is 251. The molecular formula is C14H25NO. The van der Waals surface area contributed by atoms with Crippen LogP contribution in [0.15, 0.2) is 12.2 Å². The van der Waals surface area contributed by atoms with Crippen LogP contribution in [0.3, 0.4) is 0 Å². The second-order valence-corrected chi connectivity index (χ2v) is 5.70. The van der Waals surface area contributed by atoms with Gasteiger partial charge in [0.15, 0.2) is 0 Å². The van der Waals surface area contributed by atoms with E-state index < -0.39 is 0 Å². The van der Waals surface area contributed by atoms with Gasteiger partial charge in [-0.2, -0.15) is 0 Å². The number of rotatable bonds is 6. The monoisotopic (exact) mass is 223 g/mol. The van der Waals surface area contributed by atoms with Crippen LogP contribution in [-0.2, 0) is 4.74 Å². The minimum Gasteiger partial charge on any atom is -0.384 e. The van der Waals surface area contributed by atoms with E-state index in [1.165, 1.54) is 12.8 Å². The van der Waals surface area contributed by atoms with Gasteiger partial charge in [0.1, 0.15) is 0 Å². The summed E-state index contributed by atoms with van der Waals surface area (Å²) in [5.74, 6) is 3.22. The molecule has 1 saturated carbocycles. The highest BCUT2D eigenvalue weighted by molar-refractivity contribution is 5.11. The van der Waals surface area contributed by atoms with Crippen molar-refractivity contribution in [2.75, 3.05) is 20.3 Å². The summed E-state index contributed by atoms with van der Waals surface area (Å²) in [4.78, 5) is 0.